The molecule has 1 N–H and O–H groups in total. The molecule has 0 amide bonds. The number of cyclic esters (lactones) is 2. The molecule has 2 heterocycles. The SMILES string of the molecule is CCC1(CC)CC(C2CCC(OC(=O)O)OC2=O)OC1=O. The third-order valence-electron chi connectivity index (χ3n) is 4.58. The first kappa shape index (κ1) is 15.6. The minimum absolute atomic E-state index is 0.255. The highest BCUT2D eigenvalue weighted by Gasteiger charge is 2.51. The zero-order chi connectivity index (χ0) is 15.6. The van der Waals surface area contributed by atoms with Gasteiger partial charge in [0, 0.05) is 12.8 Å². The molecule has 2 aliphatic heterocycles. The van der Waals surface area contributed by atoms with Gasteiger partial charge < -0.3 is 19.3 Å². The molecule has 0 aliphatic carbocycles. The summed E-state index contributed by atoms with van der Waals surface area (Å²) in [7, 11) is 0. The highest BCUT2D eigenvalue weighted by atomic mass is 16.8. The summed E-state index contributed by atoms with van der Waals surface area (Å²) in [6, 6.07) is 0. The van der Waals surface area contributed by atoms with E-state index in [4.69, 9.17) is 14.6 Å². The van der Waals surface area contributed by atoms with E-state index in [1.54, 1.807) is 0 Å². The molecular weight excluding hydrogens is 280 g/mol. The first-order valence-electron chi connectivity index (χ1n) is 7.23. The maximum Gasteiger partial charge on any atom is 0.508 e. The van der Waals surface area contributed by atoms with Gasteiger partial charge in [-0.3, -0.25) is 9.59 Å². The van der Waals surface area contributed by atoms with Crippen LogP contribution in [0.25, 0.3) is 0 Å². The number of rotatable bonds is 4. The average molecular weight is 300 g/mol. The standard InChI is InChI=1S/C14H20O7/c1-3-14(4-2)7-9(19-12(14)16)8-5-6-10(20-11(8)15)21-13(17)18/h8-10H,3-7H2,1-2H3,(H,17,18). The van der Waals surface area contributed by atoms with Gasteiger partial charge in [-0.1, -0.05) is 13.8 Å². The Morgan fingerprint density at radius 1 is 1.29 bits per heavy atom. The molecule has 2 saturated heterocycles. The molecule has 0 aromatic rings. The maximum absolute atomic E-state index is 12.1. The fraction of sp³-hybridized carbons (Fsp3) is 0.786. The topological polar surface area (TPSA) is 99.1 Å². The number of esters is 2. The van der Waals surface area contributed by atoms with Gasteiger partial charge in [0.15, 0.2) is 0 Å². The number of hydrogen-bond donors (Lipinski definition) is 1. The second-order valence-corrected chi connectivity index (χ2v) is 5.57. The van der Waals surface area contributed by atoms with Crippen LogP contribution in [0.1, 0.15) is 46.0 Å². The number of carbonyl (C=O) groups is 3. The second-order valence-electron chi connectivity index (χ2n) is 5.57. The molecule has 2 aliphatic rings. The Bertz CT molecular complexity index is 441. The molecule has 0 aromatic carbocycles. The molecule has 0 saturated carbocycles. The van der Waals surface area contributed by atoms with Crippen LogP contribution in [0.4, 0.5) is 4.79 Å². The van der Waals surface area contributed by atoms with Gasteiger partial charge in [0.25, 0.3) is 6.29 Å². The van der Waals surface area contributed by atoms with E-state index in [1.165, 1.54) is 0 Å². The molecule has 2 rings (SSSR count). The largest absolute Gasteiger partial charge is 0.508 e. The predicted molar refractivity (Wildman–Crippen MR) is 69.2 cm³/mol. The Hall–Kier alpha value is -1.79. The molecule has 7 nitrogen and oxygen atoms in total. The summed E-state index contributed by atoms with van der Waals surface area (Å²) >= 11 is 0. The second kappa shape index (κ2) is 5.91. The van der Waals surface area contributed by atoms with Gasteiger partial charge in [0.2, 0.25) is 0 Å². The summed E-state index contributed by atoms with van der Waals surface area (Å²) in [6.07, 6.45) is -0.518. The highest BCUT2D eigenvalue weighted by molar-refractivity contribution is 5.81. The molecule has 0 bridgehead atoms. The molecule has 7 heteroatoms. The van der Waals surface area contributed by atoms with Crippen molar-refractivity contribution < 1.29 is 33.7 Å². The number of ether oxygens (including phenoxy) is 3. The Labute approximate surface area is 122 Å². The van der Waals surface area contributed by atoms with Crippen molar-refractivity contribution in [2.75, 3.05) is 0 Å². The van der Waals surface area contributed by atoms with Crippen LogP contribution in [-0.2, 0) is 23.8 Å². The number of carboxylic acid groups (broad SMARTS) is 1. The van der Waals surface area contributed by atoms with E-state index in [2.05, 4.69) is 4.74 Å². The third kappa shape index (κ3) is 2.96. The fourth-order valence-corrected chi connectivity index (χ4v) is 3.07. The third-order valence-corrected chi connectivity index (χ3v) is 4.58. The van der Waals surface area contributed by atoms with Gasteiger partial charge in [-0.2, -0.15) is 0 Å². The lowest BCUT2D eigenvalue weighted by Crippen LogP contribution is -2.39. The van der Waals surface area contributed by atoms with Gasteiger partial charge in [0.1, 0.15) is 6.10 Å². The average Bonchev–Trinajstić information content (AvgIpc) is 2.75. The Balaban J connectivity index is 2.00. The molecule has 0 aromatic heterocycles. The summed E-state index contributed by atoms with van der Waals surface area (Å²) in [5.41, 5.74) is -0.515. The van der Waals surface area contributed by atoms with Crippen molar-refractivity contribution in [3.8, 4) is 0 Å². The summed E-state index contributed by atoms with van der Waals surface area (Å²) in [6.45, 7) is 3.87. The molecule has 2 fully saturated rings. The first-order chi connectivity index (χ1) is 9.91. The van der Waals surface area contributed by atoms with Gasteiger partial charge in [-0.05, 0) is 19.3 Å². The minimum atomic E-state index is -1.48. The molecular formula is C14H20O7. The highest BCUT2D eigenvalue weighted by Crippen LogP contribution is 2.44. The molecule has 21 heavy (non-hydrogen) atoms. The zero-order valence-corrected chi connectivity index (χ0v) is 12.2. The van der Waals surface area contributed by atoms with E-state index in [1.807, 2.05) is 13.8 Å². The van der Waals surface area contributed by atoms with Gasteiger partial charge >= 0.3 is 18.1 Å². The van der Waals surface area contributed by atoms with E-state index in [0.29, 0.717) is 25.7 Å². The Morgan fingerprint density at radius 3 is 2.43 bits per heavy atom. The Kier molecular flexibility index (Phi) is 4.39. The van der Waals surface area contributed by atoms with Crippen molar-refractivity contribution in [3.05, 3.63) is 0 Å². The van der Waals surface area contributed by atoms with Crippen molar-refractivity contribution in [2.24, 2.45) is 11.3 Å². The number of hydrogen-bond acceptors (Lipinski definition) is 6. The van der Waals surface area contributed by atoms with Crippen molar-refractivity contribution >= 4 is 18.1 Å². The van der Waals surface area contributed by atoms with Crippen LogP contribution in [0.2, 0.25) is 0 Å². The van der Waals surface area contributed by atoms with Crippen LogP contribution in [0, 0.1) is 11.3 Å². The van der Waals surface area contributed by atoms with Gasteiger partial charge in [-0.15, -0.1) is 0 Å². The lowest BCUT2D eigenvalue weighted by molar-refractivity contribution is -0.191. The van der Waals surface area contributed by atoms with Crippen molar-refractivity contribution in [1.29, 1.82) is 0 Å². The lowest BCUT2D eigenvalue weighted by Gasteiger charge is -2.29. The van der Waals surface area contributed by atoms with E-state index in [-0.39, 0.29) is 12.4 Å². The summed E-state index contributed by atoms with van der Waals surface area (Å²) in [5.74, 6) is -1.36. The van der Waals surface area contributed by atoms with Crippen LogP contribution < -0.4 is 0 Å². The van der Waals surface area contributed by atoms with Crippen molar-refractivity contribution in [2.45, 2.75) is 58.3 Å². The minimum Gasteiger partial charge on any atom is -0.461 e. The lowest BCUT2D eigenvalue weighted by atomic mass is 9.77. The van der Waals surface area contributed by atoms with E-state index in [0.717, 1.165) is 0 Å². The van der Waals surface area contributed by atoms with Gasteiger partial charge in [-0.25, -0.2) is 4.79 Å². The smallest absolute Gasteiger partial charge is 0.461 e. The molecule has 3 unspecified atom stereocenters. The zero-order valence-electron chi connectivity index (χ0n) is 12.2. The predicted octanol–water partition coefficient (Wildman–Crippen LogP) is 2.08. The summed E-state index contributed by atoms with van der Waals surface area (Å²) in [5, 5.41) is 8.51. The summed E-state index contributed by atoms with van der Waals surface area (Å²) < 4.78 is 14.8. The normalized spacial score (nSPS) is 31.4. The molecule has 3 atom stereocenters. The first-order valence-corrected chi connectivity index (χ1v) is 7.23. The van der Waals surface area contributed by atoms with Crippen molar-refractivity contribution in [1.82, 2.24) is 0 Å². The van der Waals surface area contributed by atoms with Crippen LogP contribution in [0.5, 0.6) is 0 Å². The van der Waals surface area contributed by atoms with Crippen LogP contribution >= 0.6 is 0 Å². The van der Waals surface area contributed by atoms with E-state index >= 15 is 0 Å². The molecule has 118 valence electrons. The van der Waals surface area contributed by atoms with E-state index in [9.17, 15) is 14.4 Å². The molecule has 0 spiro atoms. The van der Waals surface area contributed by atoms with Gasteiger partial charge in [0.05, 0.1) is 11.3 Å². The molecule has 0 radical (unpaired) electrons. The van der Waals surface area contributed by atoms with Crippen LogP contribution in [-0.4, -0.2) is 35.6 Å². The monoisotopic (exact) mass is 300 g/mol. The van der Waals surface area contributed by atoms with Crippen LogP contribution in [0.3, 0.4) is 0 Å². The maximum atomic E-state index is 12.1. The number of carbonyl (C=O) groups excluding carboxylic acids is 2. The fourth-order valence-electron chi connectivity index (χ4n) is 3.07. The quantitative estimate of drug-likeness (QED) is 0.793. The van der Waals surface area contributed by atoms with E-state index < -0.39 is 35.9 Å². The Morgan fingerprint density at radius 2 is 1.95 bits per heavy atom. The summed E-state index contributed by atoms with van der Waals surface area (Å²) in [4.78, 5) is 34.5. The van der Waals surface area contributed by atoms with Crippen molar-refractivity contribution in [3.63, 3.8) is 0 Å². The van der Waals surface area contributed by atoms with Crippen LogP contribution in [0.15, 0.2) is 0 Å².